The van der Waals surface area contributed by atoms with Gasteiger partial charge in [-0.25, -0.2) is 4.79 Å². The third-order valence-corrected chi connectivity index (χ3v) is 4.48. The van der Waals surface area contributed by atoms with Gasteiger partial charge in [0.2, 0.25) is 5.82 Å². The number of methoxy groups -OCH3 is 1. The van der Waals surface area contributed by atoms with Crippen LogP contribution in [0.3, 0.4) is 0 Å². The number of aryl methyl sites for hydroxylation is 1. The van der Waals surface area contributed by atoms with E-state index in [0.29, 0.717) is 28.2 Å². The van der Waals surface area contributed by atoms with Crippen molar-refractivity contribution in [2.75, 3.05) is 13.7 Å². The molecule has 4 aromatic rings. The highest BCUT2D eigenvalue weighted by atomic mass is 16.5. The highest BCUT2D eigenvalue weighted by molar-refractivity contribution is 5.82. The first-order valence-corrected chi connectivity index (χ1v) is 8.74. The van der Waals surface area contributed by atoms with Crippen molar-refractivity contribution in [1.82, 2.24) is 19.7 Å². The second-order valence-corrected chi connectivity index (χ2v) is 6.43. The molecule has 0 radical (unpaired) electrons. The minimum Gasteiger partial charge on any atom is -0.383 e. The molecule has 8 nitrogen and oxygen atoms in total. The van der Waals surface area contributed by atoms with E-state index in [1.165, 1.54) is 7.11 Å². The van der Waals surface area contributed by atoms with Crippen LogP contribution >= 0.6 is 0 Å². The van der Waals surface area contributed by atoms with E-state index in [-0.39, 0.29) is 18.7 Å². The summed E-state index contributed by atoms with van der Waals surface area (Å²) in [5, 5.41) is 4.42. The maximum atomic E-state index is 12.6. The molecule has 28 heavy (non-hydrogen) atoms. The minimum atomic E-state index is -0.488. The molecule has 0 saturated heterocycles. The molecule has 2 aromatic heterocycles. The monoisotopic (exact) mass is 378 g/mol. The van der Waals surface area contributed by atoms with E-state index in [9.17, 15) is 9.59 Å². The van der Waals surface area contributed by atoms with E-state index in [1.54, 1.807) is 18.2 Å². The van der Waals surface area contributed by atoms with Gasteiger partial charge in [0.1, 0.15) is 0 Å². The molecule has 2 heterocycles. The number of hydrogen-bond acceptors (Lipinski definition) is 6. The summed E-state index contributed by atoms with van der Waals surface area (Å²) in [5.41, 5.74) is 2.16. The molecular weight excluding hydrogens is 360 g/mol. The second kappa shape index (κ2) is 7.24. The van der Waals surface area contributed by atoms with Crippen LogP contribution in [0.15, 0.2) is 56.6 Å². The summed E-state index contributed by atoms with van der Waals surface area (Å²) in [4.78, 5) is 31.9. The zero-order chi connectivity index (χ0) is 19.7. The summed E-state index contributed by atoms with van der Waals surface area (Å²) < 4.78 is 11.4. The van der Waals surface area contributed by atoms with Crippen LogP contribution in [-0.4, -0.2) is 33.4 Å². The lowest BCUT2D eigenvalue weighted by atomic mass is 10.1. The lowest BCUT2D eigenvalue weighted by molar-refractivity contribution is 0.185. The fraction of sp³-hybridized carbons (Fsp3) is 0.200. The second-order valence-electron chi connectivity index (χ2n) is 6.43. The van der Waals surface area contributed by atoms with Crippen LogP contribution in [0.25, 0.3) is 33.7 Å². The van der Waals surface area contributed by atoms with Crippen LogP contribution in [0.5, 0.6) is 0 Å². The molecule has 0 spiro atoms. The summed E-state index contributed by atoms with van der Waals surface area (Å²) in [5.74, 6) is 0.778. The number of H-pyrrole nitrogens is 1. The largest absolute Gasteiger partial charge is 0.383 e. The number of rotatable bonds is 5. The Kier molecular flexibility index (Phi) is 4.62. The van der Waals surface area contributed by atoms with Crippen LogP contribution in [-0.2, 0) is 11.3 Å². The molecule has 142 valence electrons. The van der Waals surface area contributed by atoms with Crippen LogP contribution in [0.4, 0.5) is 0 Å². The summed E-state index contributed by atoms with van der Waals surface area (Å²) in [6.45, 7) is 2.47. The standard InChI is InChI=1S/C20H18N4O4/c1-12-3-5-13(6-4-12)17-22-18(28-23-17)14-7-8-15-16(11-14)21-20(26)24(19(15)25)9-10-27-2/h3-8,11H,9-10H2,1-2H3,(H,21,26). The summed E-state index contributed by atoms with van der Waals surface area (Å²) in [7, 11) is 1.52. The van der Waals surface area contributed by atoms with E-state index in [1.807, 2.05) is 31.2 Å². The fourth-order valence-electron chi connectivity index (χ4n) is 2.93. The van der Waals surface area contributed by atoms with Gasteiger partial charge in [0.25, 0.3) is 11.4 Å². The van der Waals surface area contributed by atoms with E-state index >= 15 is 0 Å². The van der Waals surface area contributed by atoms with Crippen molar-refractivity contribution in [2.24, 2.45) is 0 Å². The van der Waals surface area contributed by atoms with Crippen molar-refractivity contribution in [1.29, 1.82) is 0 Å². The SMILES string of the molecule is COCCn1c(=O)[nH]c2cc(-c3nc(-c4ccc(C)cc4)no3)ccc2c1=O. The van der Waals surface area contributed by atoms with Crippen LogP contribution < -0.4 is 11.2 Å². The van der Waals surface area contributed by atoms with Crippen LogP contribution in [0.1, 0.15) is 5.56 Å². The van der Waals surface area contributed by atoms with E-state index in [0.717, 1.165) is 15.7 Å². The van der Waals surface area contributed by atoms with E-state index in [4.69, 9.17) is 9.26 Å². The maximum absolute atomic E-state index is 12.6. The summed E-state index contributed by atoms with van der Waals surface area (Å²) >= 11 is 0. The Balaban J connectivity index is 1.73. The maximum Gasteiger partial charge on any atom is 0.328 e. The van der Waals surface area contributed by atoms with E-state index in [2.05, 4.69) is 15.1 Å². The smallest absolute Gasteiger partial charge is 0.328 e. The number of nitrogens with one attached hydrogen (secondary N) is 1. The van der Waals surface area contributed by atoms with Gasteiger partial charge in [0.15, 0.2) is 0 Å². The molecule has 0 bridgehead atoms. The molecular formula is C20H18N4O4. The van der Waals surface area contributed by atoms with Crippen molar-refractivity contribution in [3.8, 4) is 22.8 Å². The first-order chi connectivity index (χ1) is 13.6. The number of hydrogen-bond donors (Lipinski definition) is 1. The molecule has 0 atom stereocenters. The lowest BCUT2D eigenvalue weighted by Crippen LogP contribution is -2.36. The molecule has 0 amide bonds. The van der Waals surface area contributed by atoms with Gasteiger partial charge in [0.05, 0.1) is 24.1 Å². The van der Waals surface area contributed by atoms with Gasteiger partial charge in [-0.05, 0) is 25.1 Å². The number of aromatic nitrogens is 4. The summed E-state index contributed by atoms with van der Waals surface area (Å²) in [6, 6.07) is 12.8. The number of nitrogens with zero attached hydrogens (tertiary/aromatic N) is 3. The minimum absolute atomic E-state index is 0.186. The lowest BCUT2D eigenvalue weighted by Gasteiger charge is -2.06. The van der Waals surface area contributed by atoms with Crippen molar-refractivity contribution < 1.29 is 9.26 Å². The van der Waals surface area contributed by atoms with Gasteiger partial charge < -0.3 is 14.2 Å². The molecule has 4 rings (SSSR count). The van der Waals surface area contributed by atoms with Crippen molar-refractivity contribution in [3.05, 3.63) is 68.9 Å². The normalized spacial score (nSPS) is 11.2. The molecule has 0 aliphatic rings. The molecule has 1 N–H and O–H groups in total. The third kappa shape index (κ3) is 3.25. The van der Waals surface area contributed by atoms with Gasteiger partial charge in [-0.3, -0.25) is 9.36 Å². The predicted octanol–water partition coefficient (Wildman–Crippen LogP) is 2.36. The number of aromatic amines is 1. The average Bonchev–Trinajstić information content (AvgIpc) is 3.18. The van der Waals surface area contributed by atoms with Crippen LogP contribution in [0, 0.1) is 6.92 Å². The number of fused-ring (bicyclic) bond motifs is 1. The molecule has 0 saturated carbocycles. The molecule has 8 heteroatoms. The number of ether oxygens (including phenoxy) is 1. The van der Waals surface area contributed by atoms with Crippen molar-refractivity contribution in [2.45, 2.75) is 13.5 Å². The zero-order valence-corrected chi connectivity index (χ0v) is 15.4. The van der Waals surface area contributed by atoms with Crippen molar-refractivity contribution >= 4 is 10.9 Å². The van der Waals surface area contributed by atoms with Gasteiger partial charge in [-0.1, -0.05) is 35.0 Å². The first kappa shape index (κ1) is 17.9. The molecule has 0 aliphatic carbocycles. The Morgan fingerprint density at radius 2 is 1.86 bits per heavy atom. The Hall–Kier alpha value is -3.52. The highest BCUT2D eigenvalue weighted by Crippen LogP contribution is 2.24. The Bertz CT molecular complexity index is 1250. The molecule has 0 unspecified atom stereocenters. The summed E-state index contributed by atoms with van der Waals surface area (Å²) in [6.07, 6.45) is 0. The molecule has 0 fully saturated rings. The average molecular weight is 378 g/mol. The highest BCUT2D eigenvalue weighted by Gasteiger charge is 2.13. The van der Waals surface area contributed by atoms with Gasteiger partial charge in [-0.2, -0.15) is 4.98 Å². The Morgan fingerprint density at radius 3 is 2.61 bits per heavy atom. The quantitative estimate of drug-likeness (QED) is 0.572. The third-order valence-electron chi connectivity index (χ3n) is 4.48. The Morgan fingerprint density at radius 1 is 1.11 bits per heavy atom. The topological polar surface area (TPSA) is 103 Å². The van der Waals surface area contributed by atoms with Crippen LogP contribution in [0.2, 0.25) is 0 Å². The zero-order valence-electron chi connectivity index (χ0n) is 15.4. The Labute approximate surface area is 159 Å². The molecule has 2 aromatic carbocycles. The first-order valence-electron chi connectivity index (χ1n) is 8.74. The van der Waals surface area contributed by atoms with Gasteiger partial charge >= 0.3 is 5.69 Å². The molecule has 0 aliphatic heterocycles. The van der Waals surface area contributed by atoms with Crippen molar-refractivity contribution in [3.63, 3.8) is 0 Å². The predicted molar refractivity (Wildman–Crippen MR) is 104 cm³/mol. The number of benzene rings is 2. The van der Waals surface area contributed by atoms with Gasteiger partial charge in [-0.15, -0.1) is 0 Å². The van der Waals surface area contributed by atoms with Gasteiger partial charge in [0, 0.05) is 18.2 Å². The van der Waals surface area contributed by atoms with E-state index < -0.39 is 5.69 Å². The fourth-order valence-corrected chi connectivity index (χ4v) is 2.93.